The van der Waals surface area contributed by atoms with Crippen LogP contribution in [0.5, 0.6) is 0 Å². The fourth-order valence-electron chi connectivity index (χ4n) is 4.94. The second-order valence-electron chi connectivity index (χ2n) is 5.85. The lowest BCUT2D eigenvalue weighted by molar-refractivity contribution is 0.154. The van der Waals surface area contributed by atoms with E-state index < -0.39 is 0 Å². The Morgan fingerprint density at radius 1 is 1.08 bits per heavy atom. The molecule has 1 heteroatoms. The second kappa shape index (κ2) is 2.50. The van der Waals surface area contributed by atoms with Gasteiger partial charge in [-0.05, 0) is 61.7 Å². The highest BCUT2D eigenvalue weighted by molar-refractivity contribution is 5.07. The van der Waals surface area contributed by atoms with Gasteiger partial charge in [-0.25, -0.2) is 0 Å². The number of nitrogens with two attached hydrogens (primary N) is 1. The fraction of sp³-hybridized carbons (Fsp3) is 1.00. The van der Waals surface area contributed by atoms with Crippen molar-refractivity contribution in [2.24, 2.45) is 41.2 Å². The third-order valence-corrected chi connectivity index (χ3v) is 5.37. The molecule has 4 rings (SSSR count). The molecule has 1 nitrogen and oxygen atoms in total. The molecule has 0 spiro atoms. The van der Waals surface area contributed by atoms with Gasteiger partial charge in [0.05, 0.1) is 0 Å². The minimum atomic E-state index is 0.450. The molecule has 4 aliphatic carbocycles. The SMILES string of the molecule is CC(N)C1C2CC3CC1C(C2)[C@H]3C. The molecule has 0 amide bonds. The first kappa shape index (κ1) is 8.28. The molecule has 13 heavy (non-hydrogen) atoms. The average molecular weight is 179 g/mol. The molecule has 0 aromatic carbocycles. The minimum absolute atomic E-state index is 0.450. The van der Waals surface area contributed by atoms with Crippen molar-refractivity contribution in [3.05, 3.63) is 0 Å². The van der Waals surface area contributed by atoms with Gasteiger partial charge in [0.15, 0.2) is 0 Å². The van der Waals surface area contributed by atoms with Gasteiger partial charge in [0.1, 0.15) is 0 Å². The van der Waals surface area contributed by atoms with Crippen molar-refractivity contribution >= 4 is 0 Å². The Bertz CT molecular complexity index is 219. The summed E-state index contributed by atoms with van der Waals surface area (Å²) in [6, 6.07) is 0.450. The molecule has 7 atom stereocenters. The standard InChI is InChI=1S/C12H21N/c1-6-8-3-9-5-10(6)11(4-8)12(9)7(2)13/h6-12H,3-5,13H2,1-2H3/t6-,7?,8?,9?,10?,11?,12?/m0/s1. The molecule has 4 saturated carbocycles. The summed E-state index contributed by atoms with van der Waals surface area (Å²) in [6.45, 7) is 4.71. The van der Waals surface area contributed by atoms with Gasteiger partial charge < -0.3 is 5.73 Å². The number of hydrogen-bond acceptors (Lipinski definition) is 1. The molecule has 74 valence electrons. The van der Waals surface area contributed by atoms with Crippen LogP contribution in [0.4, 0.5) is 0 Å². The summed E-state index contributed by atoms with van der Waals surface area (Å²) in [4.78, 5) is 0. The van der Waals surface area contributed by atoms with E-state index in [9.17, 15) is 0 Å². The molecule has 4 fully saturated rings. The van der Waals surface area contributed by atoms with E-state index in [1.807, 2.05) is 0 Å². The Hall–Kier alpha value is -0.0400. The summed E-state index contributed by atoms with van der Waals surface area (Å²) >= 11 is 0. The van der Waals surface area contributed by atoms with Gasteiger partial charge >= 0.3 is 0 Å². The summed E-state index contributed by atoms with van der Waals surface area (Å²) in [5, 5.41) is 0. The number of hydrogen-bond donors (Lipinski definition) is 1. The van der Waals surface area contributed by atoms with Gasteiger partial charge in [-0.3, -0.25) is 0 Å². The van der Waals surface area contributed by atoms with Crippen LogP contribution >= 0.6 is 0 Å². The van der Waals surface area contributed by atoms with Gasteiger partial charge in [0.25, 0.3) is 0 Å². The van der Waals surface area contributed by atoms with E-state index in [-0.39, 0.29) is 0 Å². The molecule has 4 bridgehead atoms. The first-order valence-electron chi connectivity index (χ1n) is 5.94. The predicted molar refractivity (Wildman–Crippen MR) is 54.1 cm³/mol. The highest BCUT2D eigenvalue weighted by atomic mass is 14.7. The van der Waals surface area contributed by atoms with Gasteiger partial charge in [-0.1, -0.05) is 6.92 Å². The van der Waals surface area contributed by atoms with Crippen LogP contribution in [0.2, 0.25) is 0 Å². The largest absolute Gasteiger partial charge is 0.328 e. The van der Waals surface area contributed by atoms with Crippen LogP contribution in [0.3, 0.4) is 0 Å². The Kier molecular flexibility index (Phi) is 1.59. The van der Waals surface area contributed by atoms with E-state index in [1.165, 1.54) is 19.3 Å². The molecule has 0 heterocycles. The smallest absolute Gasteiger partial charge is 0.00441 e. The van der Waals surface area contributed by atoms with Crippen molar-refractivity contribution in [2.75, 3.05) is 0 Å². The van der Waals surface area contributed by atoms with E-state index in [0.717, 1.165) is 35.5 Å². The van der Waals surface area contributed by atoms with Gasteiger partial charge in [-0.15, -0.1) is 0 Å². The maximum absolute atomic E-state index is 6.11. The quantitative estimate of drug-likeness (QED) is 0.656. The van der Waals surface area contributed by atoms with E-state index in [4.69, 9.17) is 5.73 Å². The molecule has 0 aromatic rings. The zero-order chi connectivity index (χ0) is 9.16. The Balaban J connectivity index is 1.91. The van der Waals surface area contributed by atoms with Crippen LogP contribution in [-0.4, -0.2) is 6.04 Å². The van der Waals surface area contributed by atoms with Crippen LogP contribution in [0.15, 0.2) is 0 Å². The Labute approximate surface area is 81.1 Å². The van der Waals surface area contributed by atoms with Crippen molar-refractivity contribution in [3.8, 4) is 0 Å². The zero-order valence-corrected chi connectivity index (χ0v) is 8.74. The van der Waals surface area contributed by atoms with Crippen LogP contribution in [0.1, 0.15) is 33.1 Å². The summed E-state index contributed by atoms with van der Waals surface area (Å²) in [6.07, 6.45) is 4.52. The summed E-state index contributed by atoms with van der Waals surface area (Å²) in [5.41, 5.74) is 6.11. The summed E-state index contributed by atoms with van der Waals surface area (Å²) in [7, 11) is 0. The lowest BCUT2D eigenvalue weighted by atomic mass is 9.71. The fourth-order valence-corrected chi connectivity index (χ4v) is 4.94. The molecule has 0 radical (unpaired) electrons. The normalized spacial score (nSPS) is 60.2. The predicted octanol–water partition coefficient (Wildman–Crippen LogP) is 2.26. The minimum Gasteiger partial charge on any atom is -0.328 e. The lowest BCUT2D eigenvalue weighted by Gasteiger charge is -2.36. The topological polar surface area (TPSA) is 26.0 Å². The van der Waals surface area contributed by atoms with Gasteiger partial charge in [-0.2, -0.15) is 0 Å². The van der Waals surface area contributed by atoms with Gasteiger partial charge in [0, 0.05) is 6.04 Å². The highest BCUT2D eigenvalue weighted by Gasteiger charge is 2.57. The first-order valence-corrected chi connectivity index (χ1v) is 5.94. The molecular formula is C12H21N. The van der Waals surface area contributed by atoms with Crippen molar-refractivity contribution in [2.45, 2.75) is 39.2 Å². The molecular weight excluding hydrogens is 158 g/mol. The monoisotopic (exact) mass is 179 g/mol. The van der Waals surface area contributed by atoms with E-state index >= 15 is 0 Å². The maximum atomic E-state index is 6.11. The Morgan fingerprint density at radius 2 is 1.77 bits per heavy atom. The van der Waals surface area contributed by atoms with E-state index in [0.29, 0.717) is 6.04 Å². The van der Waals surface area contributed by atoms with Crippen molar-refractivity contribution in [3.63, 3.8) is 0 Å². The highest BCUT2D eigenvalue weighted by Crippen LogP contribution is 2.63. The first-order chi connectivity index (χ1) is 6.18. The van der Waals surface area contributed by atoms with Crippen molar-refractivity contribution in [1.82, 2.24) is 0 Å². The summed E-state index contributed by atoms with van der Waals surface area (Å²) < 4.78 is 0. The van der Waals surface area contributed by atoms with Gasteiger partial charge in [0.2, 0.25) is 0 Å². The molecule has 2 N–H and O–H groups in total. The molecule has 0 aromatic heterocycles. The molecule has 0 saturated heterocycles. The van der Waals surface area contributed by atoms with Crippen molar-refractivity contribution < 1.29 is 0 Å². The van der Waals surface area contributed by atoms with Crippen LogP contribution < -0.4 is 5.73 Å². The third-order valence-electron chi connectivity index (χ3n) is 5.37. The molecule has 4 aliphatic rings. The van der Waals surface area contributed by atoms with Crippen LogP contribution in [0, 0.1) is 35.5 Å². The van der Waals surface area contributed by atoms with E-state index in [1.54, 1.807) is 0 Å². The van der Waals surface area contributed by atoms with Crippen LogP contribution in [0.25, 0.3) is 0 Å². The zero-order valence-electron chi connectivity index (χ0n) is 8.74. The van der Waals surface area contributed by atoms with Crippen molar-refractivity contribution in [1.29, 1.82) is 0 Å². The van der Waals surface area contributed by atoms with Crippen LogP contribution in [-0.2, 0) is 0 Å². The number of rotatable bonds is 1. The second-order valence-corrected chi connectivity index (χ2v) is 5.85. The molecule has 6 unspecified atom stereocenters. The Morgan fingerprint density at radius 3 is 2.46 bits per heavy atom. The van der Waals surface area contributed by atoms with E-state index in [2.05, 4.69) is 13.8 Å². The summed E-state index contributed by atoms with van der Waals surface area (Å²) in [5.74, 6) is 6.04. The lowest BCUT2D eigenvalue weighted by Crippen LogP contribution is -2.36. The maximum Gasteiger partial charge on any atom is 0.00441 e. The average Bonchev–Trinajstić information content (AvgIpc) is 2.43. The third kappa shape index (κ3) is 0.918. The molecule has 0 aliphatic heterocycles.